The Morgan fingerprint density at radius 2 is 1.71 bits per heavy atom. The minimum Gasteiger partial charge on any atom is -0.373 e. The molecule has 0 aliphatic heterocycles. The van der Waals surface area contributed by atoms with Crippen molar-refractivity contribution in [3.63, 3.8) is 0 Å². The Labute approximate surface area is 168 Å². The number of rotatable bonds is 9. The molecule has 0 aliphatic carbocycles. The molecule has 0 radical (unpaired) electrons. The van der Waals surface area contributed by atoms with Gasteiger partial charge in [0.25, 0.3) is 0 Å². The lowest BCUT2D eigenvalue weighted by Crippen LogP contribution is -2.50. The highest BCUT2D eigenvalue weighted by atomic mass is 32.2. The van der Waals surface area contributed by atoms with Crippen molar-refractivity contribution in [2.75, 3.05) is 35.6 Å². The van der Waals surface area contributed by atoms with Crippen molar-refractivity contribution in [3.8, 4) is 0 Å². The number of carbonyl (C=O) groups excluding carboxylic acids is 1. The molecule has 2 aromatic carbocycles. The number of nitrogens with one attached hydrogen (secondary N) is 1. The third-order valence-electron chi connectivity index (χ3n) is 4.53. The van der Waals surface area contributed by atoms with Crippen molar-refractivity contribution in [2.24, 2.45) is 0 Å². The van der Waals surface area contributed by atoms with E-state index >= 15 is 0 Å². The maximum atomic E-state index is 12.8. The Morgan fingerprint density at radius 1 is 1.07 bits per heavy atom. The first-order valence-corrected chi connectivity index (χ1v) is 11.2. The second-order valence-electron chi connectivity index (χ2n) is 6.87. The number of hydrogen-bond donors (Lipinski definition) is 1. The van der Waals surface area contributed by atoms with Crippen molar-refractivity contribution >= 4 is 27.3 Å². The molecule has 0 spiro atoms. The molecule has 0 heterocycles. The molecule has 0 aliphatic rings. The number of aryl methyl sites for hydroxylation is 1. The second kappa shape index (κ2) is 9.59. The molecule has 28 heavy (non-hydrogen) atoms. The zero-order valence-electron chi connectivity index (χ0n) is 16.9. The third kappa shape index (κ3) is 5.73. The van der Waals surface area contributed by atoms with E-state index in [0.717, 1.165) is 17.5 Å². The normalized spacial score (nSPS) is 12.3. The molecule has 152 valence electrons. The van der Waals surface area contributed by atoms with Gasteiger partial charge >= 0.3 is 0 Å². The van der Waals surface area contributed by atoms with Crippen LogP contribution in [0.1, 0.15) is 18.9 Å². The molecular weight excluding hydrogens is 374 g/mol. The highest BCUT2D eigenvalue weighted by Crippen LogP contribution is 2.23. The summed E-state index contributed by atoms with van der Waals surface area (Å²) in [5.41, 5.74) is 2.50. The van der Waals surface area contributed by atoms with Gasteiger partial charge in [0.1, 0.15) is 6.04 Å². The Balaban J connectivity index is 2.09. The summed E-state index contributed by atoms with van der Waals surface area (Å²) in [7, 11) is -1.66. The summed E-state index contributed by atoms with van der Waals surface area (Å²) < 4.78 is 26.1. The average molecular weight is 404 g/mol. The lowest BCUT2D eigenvalue weighted by Gasteiger charge is -2.30. The van der Waals surface area contributed by atoms with E-state index in [1.54, 1.807) is 18.2 Å². The van der Waals surface area contributed by atoms with Gasteiger partial charge in [-0.2, -0.15) is 0 Å². The fourth-order valence-electron chi connectivity index (χ4n) is 3.10. The van der Waals surface area contributed by atoms with Gasteiger partial charge in [-0.15, -0.1) is 0 Å². The number of amides is 1. The fraction of sp³-hybridized carbons (Fsp3) is 0.381. The predicted molar refractivity (Wildman–Crippen MR) is 115 cm³/mol. The molecule has 0 bridgehead atoms. The number of hydrogen-bond acceptors (Lipinski definition) is 4. The van der Waals surface area contributed by atoms with E-state index in [-0.39, 0.29) is 5.91 Å². The summed E-state index contributed by atoms with van der Waals surface area (Å²) in [6.45, 7) is 4.75. The summed E-state index contributed by atoms with van der Waals surface area (Å²) >= 11 is 0. The number of nitrogens with zero attached hydrogens (tertiary/aromatic N) is 2. The summed E-state index contributed by atoms with van der Waals surface area (Å²) in [5.74, 6) is -0.295. The minimum atomic E-state index is -3.61. The molecule has 0 saturated carbocycles. The van der Waals surface area contributed by atoms with Crippen LogP contribution in [-0.4, -0.2) is 46.8 Å². The van der Waals surface area contributed by atoms with Crippen molar-refractivity contribution in [2.45, 2.75) is 26.3 Å². The van der Waals surface area contributed by atoms with E-state index < -0.39 is 16.1 Å². The maximum Gasteiger partial charge on any atom is 0.243 e. The number of anilines is 2. The molecule has 1 N–H and O–H groups in total. The quantitative estimate of drug-likeness (QED) is 0.699. The number of sulfonamides is 1. The van der Waals surface area contributed by atoms with Crippen LogP contribution in [-0.2, 0) is 14.8 Å². The third-order valence-corrected chi connectivity index (χ3v) is 5.71. The smallest absolute Gasteiger partial charge is 0.243 e. The van der Waals surface area contributed by atoms with Gasteiger partial charge in [0.05, 0.1) is 11.9 Å². The Hall–Kier alpha value is -2.54. The number of benzene rings is 2. The van der Waals surface area contributed by atoms with E-state index in [4.69, 9.17) is 0 Å². The minimum absolute atomic E-state index is 0.295. The predicted octanol–water partition coefficient (Wildman–Crippen LogP) is 2.79. The first-order valence-electron chi connectivity index (χ1n) is 9.34. The summed E-state index contributed by atoms with van der Waals surface area (Å²) in [5, 5.41) is 2.88. The Morgan fingerprint density at radius 3 is 2.29 bits per heavy atom. The zero-order valence-corrected chi connectivity index (χ0v) is 17.7. The standard InChI is InChI=1S/C21H29N3O3S/c1-5-20(24(28(4,26)27)19-13-9-10-17(2)16-19)21(25)22-14-15-23(3)18-11-7-6-8-12-18/h6-13,16,20H,5,14-15H2,1-4H3,(H,22,25)/t20-/m0/s1. The molecule has 1 amide bonds. The van der Waals surface area contributed by atoms with E-state index in [0.29, 0.717) is 25.2 Å². The molecule has 0 fully saturated rings. The van der Waals surface area contributed by atoms with Crippen molar-refractivity contribution in [3.05, 3.63) is 60.2 Å². The lowest BCUT2D eigenvalue weighted by molar-refractivity contribution is -0.122. The van der Waals surface area contributed by atoms with Crippen LogP contribution in [0, 0.1) is 6.92 Å². The van der Waals surface area contributed by atoms with Crippen LogP contribution in [0.2, 0.25) is 0 Å². The number of likely N-dealkylation sites (N-methyl/N-ethyl adjacent to an activating group) is 1. The van der Waals surface area contributed by atoms with E-state index in [2.05, 4.69) is 5.32 Å². The summed E-state index contributed by atoms with van der Waals surface area (Å²) in [6.07, 6.45) is 1.51. The van der Waals surface area contributed by atoms with Crippen LogP contribution in [0.15, 0.2) is 54.6 Å². The average Bonchev–Trinajstić information content (AvgIpc) is 2.65. The van der Waals surface area contributed by atoms with Crippen molar-refractivity contribution in [1.29, 1.82) is 0 Å². The first-order chi connectivity index (χ1) is 13.2. The first kappa shape index (κ1) is 21.8. The molecule has 0 saturated heterocycles. The molecule has 6 nitrogen and oxygen atoms in total. The Bertz CT molecular complexity index is 885. The van der Waals surface area contributed by atoms with Gasteiger partial charge in [0.2, 0.25) is 15.9 Å². The highest BCUT2D eigenvalue weighted by Gasteiger charge is 2.31. The lowest BCUT2D eigenvalue weighted by atomic mass is 10.1. The topological polar surface area (TPSA) is 69.7 Å². The molecule has 0 unspecified atom stereocenters. The van der Waals surface area contributed by atoms with Crippen LogP contribution >= 0.6 is 0 Å². The summed E-state index contributed by atoms with van der Waals surface area (Å²) in [6, 6.07) is 16.3. The van der Waals surface area contributed by atoms with Crippen molar-refractivity contribution < 1.29 is 13.2 Å². The van der Waals surface area contributed by atoms with Gasteiger partial charge in [-0.25, -0.2) is 8.42 Å². The maximum absolute atomic E-state index is 12.8. The second-order valence-corrected chi connectivity index (χ2v) is 8.73. The molecule has 2 aromatic rings. The van der Waals surface area contributed by atoms with E-state index in [9.17, 15) is 13.2 Å². The highest BCUT2D eigenvalue weighted by molar-refractivity contribution is 7.92. The molecule has 0 aromatic heterocycles. The van der Waals surface area contributed by atoms with Crippen LogP contribution in [0.25, 0.3) is 0 Å². The van der Waals surface area contributed by atoms with Crippen LogP contribution < -0.4 is 14.5 Å². The van der Waals surface area contributed by atoms with E-state index in [1.807, 2.05) is 62.2 Å². The largest absolute Gasteiger partial charge is 0.373 e. The van der Waals surface area contributed by atoms with Gasteiger partial charge in [-0.1, -0.05) is 37.3 Å². The number of para-hydroxylation sites is 1. The van der Waals surface area contributed by atoms with Gasteiger partial charge in [-0.3, -0.25) is 9.10 Å². The van der Waals surface area contributed by atoms with Crippen LogP contribution in [0.5, 0.6) is 0 Å². The Kier molecular flexibility index (Phi) is 7.45. The zero-order chi connectivity index (χ0) is 20.7. The summed E-state index contributed by atoms with van der Waals surface area (Å²) in [4.78, 5) is 14.8. The van der Waals surface area contributed by atoms with Gasteiger partial charge < -0.3 is 10.2 Å². The van der Waals surface area contributed by atoms with Crippen LogP contribution in [0.4, 0.5) is 11.4 Å². The van der Waals surface area contributed by atoms with Gasteiger partial charge in [-0.05, 0) is 43.2 Å². The molecule has 1 atom stereocenters. The SMILES string of the molecule is CC[C@@H](C(=O)NCCN(C)c1ccccc1)N(c1cccc(C)c1)S(C)(=O)=O. The van der Waals surface area contributed by atoms with Crippen molar-refractivity contribution in [1.82, 2.24) is 5.32 Å². The van der Waals surface area contributed by atoms with E-state index in [1.165, 1.54) is 4.31 Å². The number of carbonyl (C=O) groups is 1. The molecule has 2 rings (SSSR count). The molecule has 7 heteroatoms. The van der Waals surface area contributed by atoms with Crippen LogP contribution in [0.3, 0.4) is 0 Å². The van der Waals surface area contributed by atoms with Gasteiger partial charge in [0, 0.05) is 25.8 Å². The monoisotopic (exact) mass is 403 g/mol. The molecular formula is C21H29N3O3S. The fourth-order valence-corrected chi connectivity index (χ4v) is 4.31. The van der Waals surface area contributed by atoms with Gasteiger partial charge in [0.15, 0.2) is 0 Å².